The molecule has 2 aromatic carbocycles. The number of allylic oxidation sites excluding steroid dienone is 1. The molecule has 0 saturated carbocycles. The van der Waals surface area contributed by atoms with E-state index in [4.69, 9.17) is 21.1 Å². The molecular weight excluding hydrogens is 532 g/mol. The number of rotatable bonds is 5. The minimum atomic E-state index is -1.63. The van der Waals surface area contributed by atoms with Gasteiger partial charge in [0, 0.05) is 37.6 Å². The monoisotopic (exact) mass is 572 g/mol. The third-order valence-corrected chi connectivity index (χ3v) is 9.10. The van der Waals surface area contributed by atoms with E-state index < -0.39 is 11.0 Å². The first-order chi connectivity index (χ1) is 18.9. The second-order valence-corrected chi connectivity index (χ2v) is 12.1. The van der Waals surface area contributed by atoms with Gasteiger partial charge >= 0.3 is 0 Å². The number of hydrogen-bond acceptors (Lipinski definition) is 5. The van der Waals surface area contributed by atoms with E-state index in [0.29, 0.717) is 30.3 Å². The first kappa shape index (κ1) is 29.6. The van der Waals surface area contributed by atoms with Crippen LogP contribution < -0.4 is 14.4 Å². The Morgan fingerprint density at radius 3 is 2.82 bits per heavy atom. The standard InChI is InChI=1S/C31H41ClN2O4S/c1-4-9-23-18-25(32)12-14-27(23)24-20-34-17-16-22(5-2)29(37-3)10-7-6-8-11-31(35)33-39(36)26-13-15-30(38-21-24)28(34)19-26/h7,10,12-15,18-19,22,24,29H,4-6,8-9,11,16-17,20-21H2,1-3H3,(H,33,35)/b10-7+. The predicted molar refractivity (Wildman–Crippen MR) is 159 cm³/mol. The van der Waals surface area contributed by atoms with Crippen LogP contribution in [0.25, 0.3) is 0 Å². The van der Waals surface area contributed by atoms with Crippen molar-refractivity contribution in [3.63, 3.8) is 0 Å². The molecule has 212 valence electrons. The zero-order chi connectivity index (χ0) is 27.8. The van der Waals surface area contributed by atoms with Gasteiger partial charge in [-0.05, 0) is 73.1 Å². The van der Waals surface area contributed by atoms with Crippen molar-refractivity contribution in [2.75, 3.05) is 31.7 Å². The molecule has 0 aliphatic carbocycles. The molecule has 2 aromatic rings. The Bertz CT molecular complexity index is 1190. The van der Waals surface area contributed by atoms with Crippen LogP contribution in [0.15, 0.2) is 53.4 Å². The fourth-order valence-electron chi connectivity index (χ4n) is 5.62. The lowest BCUT2D eigenvalue weighted by Gasteiger charge is -2.31. The Hall–Kier alpha value is -2.35. The number of carbonyl (C=O) groups excluding carboxylic acids is 1. The molecule has 4 unspecified atom stereocenters. The number of fused-ring (bicyclic) bond motifs is 1. The summed E-state index contributed by atoms with van der Waals surface area (Å²) in [6.45, 7) is 6.50. The maximum absolute atomic E-state index is 13.1. The zero-order valence-corrected chi connectivity index (χ0v) is 24.9. The highest BCUT2D eigenvalue weighted by Gasteiger charge is 2.28. The summed E-state index contributed by atoms with van der Waals surface area (Å²) in [5, 5.41) is 0.753. The second-order valence-electron chi connectivity index (χ2n) is 10.4. The van der Waals surface area contributed by atoms with E-state index in [9.17, 15) is 9.00 Å². The summed E-state index contributed by atoms with van der Waals surface area (Å²) in [4.78, 5) is 15.4. The van der Waals surface area contributed by atoms with E-state index in [1.54, 1.807) is 13.2 Å². The van der Waals surface area contributed by atoms with Crippen molar-refractivity contribution < 1.29 is 18.5 Å². The average Bonchev–Trinajstić information content (AvgIpc) is 3.10. The van der Waals surface area contributed by atoms with Crippen molar-refractivity contribution in [1.82, 2.24) is 4.72 Å². The van der Waals surface area contributed by atoms with Crippen molar-refractivity contribution in [2.24, 2.45) is 5.92 Å². The molecule has 8 heteroatoms. The van der Waals surface area contributed by atoms with Crippen molar-refractivity contribution >= 4 is 34.2 Å². The lowest BCUT2D eigenvalue weighted by molar-refractivity contribution is -0.119. The van der Waals surface area contributed by atoms with Crippen molar-refractivity contribution in [3.8, 4) is 5.75 Å². The summed E-state index contributed by atoms with van der Waals surface area (Å²) in [6, 6.07) is 11.8. The second kappa shape index (κ2) is 14.3. The van der Waals surface area contributed by atoms with Crippen LogP contribution in [0, 0.1) is 5.92 Å². The molecule has 4 atom stereocenters. The third-order valence-electron chi connectivity index (χ3n) is 7.77. The summed E-state index contributed by atoms with van der Waals surface area (Å²) in [7, 11) is 0.137. The predicted octanol–water partition coefficient (Wildman–Crippen LogP) is 6.59. The number of amides is 1. The first-order valence-electron chi connectivity index (χ1n) is 14.1. The molecule has 0 fully saturated rings. The summed E-state index contributed by atoms with van der Waals surface area (Å²) in [5.41, 5.74) is 3.44. The maximum atomic E-state index is 13.1. The Kier molecular flexibility index (Phi) is 10.9. The molecule has 1 N–H and O–H groups in total. The van der Waals surface area contributed by atoms with Crippen LogP contribution in [0.2, 0.25) is 5.02 Å². The van der Waals surface area contributed by atoms with Crippen LogP contribution in [-0.2, 0) is 26.9 Å². The van der Waals surface area contributed by atoms with E-state index in [1.807, 2.05) is 18.2 Å². The molecule has 39 heavy (non-hydrogen) atoms. The molecular formula is C31H41ClN2O4S. The largest absolute Gasteiger partial charge is 0.491 e. The fraction of sp³-hybridized carbons (Fsp3) is 0.516. The van der Waals surface area contributed by atoms with Crippen molar-refractivity contribution in [3.05, 3.63) is 64.7 Å². The van der Waals surface area contributed by atoms with Crippen molar-refractivity contribution in [2.45, 2.75) is 75.7 Å². The number of aryl methyl sites for hydroxylation is 1. The van der Waals surface area contributed by atoms with Gasteiger partial charge < -0.3 is 14.4 Å². The van der Waals surface area contributed by atoms with Crippen molar-refractivity contribution in [1.29, 1.82) is 0 Å². The number of nitrogens with one attached hydrogen (secondary N) is 1. The SMILES string of the molecule is CCCc1cc(Cl)ccc1C1COc2ccc3cc2N(CCC(CC)C(OC)/C=C/CCCC(=O)NS3=O)C1. The number of carbonyl (C=O) groups is 1. The number of halogens is 1. The number of nitrogens with zero attached hydrogens (tertiary/aromatic N) is 1. The van der Waals surface area contributed by atoms with E-state index in [-0.39, 0.29) is 17.9 Å². The van der Waals surface area contributed by atoms with Crippen LogP contribution in [0.5, 0.6) is 5.75 Å². The van der Waals surface area contributed by atoms with Gasteiger partial charge in [-0.15, -0.1) is 0 Å². The van der Waals surface area contributed by atoms with Gasteiger partial charge in [-0.25, -0.2) is 4.21 Å². The van der Waals surface area contributed by atoms with Gasteiger partial charge in [0.15, 0.2) is 11.0 Å². The van der Waals surface area contributed by atoms with Gasteiger partial charge in [-0.1, -0.05) is 56.5 Å². The highest BCUT2D eigenvalue weighted by Crippen LogP contribution is 2.38. The lowest BCUT2D eigenvalue weighted by Crippen LogP contribution is -2.33. The Morgan fingerprint density at radius 2 is 2.05 bits per heavy atom. The minimum Gasteiger partial charge on any atom is -0.491 e. The molecule has 2 bridgehead atoms. The smallest absolute Gasteiger partial charge is 0.231 e. The van der Waals surface area contributed by atoms with E-state index in [0.717, 1.165) is 61.7 Å². The molecule has 0 spiro atoms. The Morgan fingerprint density at radius 1 is 1.21 bits per heavy atom. The molecule has 0 saturated heterocycles. The summed E-state index contributed by atoms with van der Waals surface area (Å²) >= 11 is 6.37. The normalized spacial score (nSPS) is 25.3. The summed E-state index contributed by atoms with van der Waals surface area (Å²) in [5.74, 6) is 1.05. The van der Waals surface area contributed by atoms with Crippen LogP contribution in [0.4, 0.5) is 5.69 Å². The molecule has 2 aliphatic heterocycles. The molecule has 0 aromatic heterocycles. The number of ether oxygens (including phenoxy) is 2. The molecule has 1 amide bonds. The van der Waals surface area contributed by atoms with Crippen LogP contribution in [-0.4, -0.2) is 43.0 Å². The minimum absolute atomic E-state index is 0.0153. The van der Waals surface area contributed by atoms with E-state index in [2.05, 4.69) is 47.8 Å². The van der Waals surface area contributed by atoms with Gasteiger partial charge in [0.2, 0.25) is 5.91 Å². The van der Waals surface area contributed by atoms with Crippen LogP contribution in [0.1, 0.15) is 69.4 Å². The zero-order valence-electron chi connectivity index (χ0n) is 23.3. The molecule has 2 heterocycles. The molecule has 6 nitrogen and oxygen atoms in total. The highest BCUT2D eigenvalue weighted by molar-refractivity contribution is 7.83. The number of methoxy groups -OCH3 is 1. The van der Waals surface area contributed by atoms with Crippen LogP contribution in [0.3, 0.4) is 0 Å². The molecule has 2 aliphatic rings. The Labute approximate surface area is 240 Å². The average molecular weight is 573 g/mol. The molecule has 0 radical (unpaired) electrons. The fourth-order valence-corrected chi connectivity index (χ4v) is 6.65. The number of benzene rings is 2. The lowest BCUT2D eigenvalue weighted by atomic mass is 9.91. The van der Waals surface area contributed by atoms with Crippen LogP contribution >= 0.6 is 11.6 Å². The third kappa shape index (κ3) is 7.65. The van der Waals surface area contributed by atoms with E-state index in [1.165, 1.54) is 11.1 Å². The van der Waals surface area contributed by atoms with Gasteiger partial charge in [-0.3, -0.25) is 9.52 Å². The first-order valence-corrected chi connectivity index (χ1v) is 15.7. The Balaban J connectivity index is 1.72. The van der Waals surface area contributed by atoms with Gasteiger partial charge in [0.05, 0.1) is 23.3 Å². The molecule has 4 rings (SSSR count). The van der Waals surface area contributed by atoms with Gasteiger partial charge in [0.25, 0.3) is 0 Å². The maximum Gasteiger partial charge on any atom is 0.231 e. The number of anilines is 1. The topological polar surface area (TPSA) is 67.9 Å². The summed E-state index contributed by atoms with van der Waals surface area (Å²) < 4.78 is 28.0. The van der Waals surface area contributed by atoms with Gasteiger partial charge in [-0.2, -0.15) is 0 Å². The highest BCUT2D eigenvalue weighted by atomic mass is 35.5. The summed E-state index contributed by atoms with van der Waals surface area (Å²) in [6.07, 6.45) is 10.0. The van der Waals surface area contributed by atoms with Gasteiger partial charge in [0.1, 0.15) is 5.75 Å². The quantitative estimate of drug-likeness (QED) is 0.410. The number of hydrogen-bond donors (Lipinski definition) is 1. The van der Waals surface area contributed by atoms with E-state index >= 15 is 0 Å².